The Kier molecular flexibility index (Phi) is 9.26. The average molecular weight is 566 g/mol. The molecule has 1 aliphatic rings. The summed E-state index contributed by atoms with van der Waals surface area (Å²) in [7, 11) is 0. The molecule has 1 aromatic heterocycles. The number of nitrogens with zero attached hydrogens (tertiary/aromatic N) is 1. The number of hydrogen-bond donors (Lipinski definition) is 2. The second-order valence-corrected chi connectivity index (χ2v) is 11.5. The fourth-order valence-electron chi connectivity index (χ4n) is 5.12. The van der Waals surface area contributed by atoms with Gasteiger partial charge in [-0.25, -0.2) is 4.99 Å². The highest BCUT2D eigenvalue weighted by atomic mass is 32.1. The molecule has 0 saturated carbocycles. The number of aliphatic imine (C=N–C) groups is 1. The quantitative estimate of drug-likeness (QED) is 0.212. The summed E-state index contributed by atoms with van der Waals surface area (Å²) in [6, 6.07) is 22.8. The van der Waals surface area contributed by atoms with E-state index in [0.29, 0.717) is 11.3 Å². The number of aryl methyl sites for hydroxylation is 3. The van der Waals surface area contributed by atoms with E-state index in [2.05, 4.69) is 16.7 Å². The first-order chi connectivity index (χ1) is 19.9. The second kappa shape index (κ2) is 13.4. The van der Waals surface area contributed by atoms with E-state index in [0.717, 1.165) is 64.3 Å². The van der Waals surface area contributed by atoms with Crippen molar-refractivity contribution in [3.8, 4) is 5.75 Å². The van der Waals surface area contributed by atoms with Gasteiger partial charge in [0.05, 0.1) is 5.56 Å². The van der Waals surface area contributed by atoms with Gasteiger partial charge in [0.25, 0.3) is 11.8 Å². The molecule has 0 atom stereocenters. The third-order valence-electron chi connectivity index (χ3n) is 7.00. The fourth-order valence-corrected chi connectivity index (χ4v) is 6.35. The largest absolute Gasteiger partial charge is 0.484 e. The molecule has 0 fully saturated rings. The molecule has 0 unspecified atom stereocenters. The van der Waals surface area contributed by atoms with Crippen LogP contribution < -0.4 is 15.4 Å². The first-order valence-corrected chi connectivity index (χ1v) is 14.9. The van der Waals surface area contributed by atoms with E-state index in [1.807, 2.05) is 80.6 Å². The van der Waals surface area contributed by atoms with Crippen molar-refractivity contribution in [3.05, 3.63) is 105 Å². The molecule has 3 aromatic carbocycles. The molecule has 0 aliphatic heterocycles. The number of hydrogen-bond acceptors (Lipinski definition) is 5. The van der Waals surface area contributed by atoms with Crippen molar-refractivity contribution in [1.29, 1.82) is 0 Å². The Morgan fingerprint density at radius 2 is 1.56 bits per heavy atom. The van der Waals surface area contributed by atoms with Gasteiger partial charge in [0.1, 0.15) is 10.8 Å². The molecule has 1 heterocycles. The Hall–Kier alpha value is -4.23. The van der Waals surface area contributed by atoms with Gasteiger partial charge in [0.15, 0.2) is 6.61 Å². The zero-order chi connectivity index (χ0) is 28.6. The van der Waals surface area contributed by atoms with Crippen LogP contribution in [0.2, 0.25) is 0 Å². The third kappa shape index (κ3) is 7.70. The minimum Gasteiger partial charge on any atom is -0.484 e. The van der Waals surface area contributed by atoms with Crippen LogP contribution in [0, 0.1) is 13.8 Å². The molecule has 0 saturated heterocycles. The Balaban J connectivity index is 1.30. The van der Waals surface area contributed by atoms with Crippen molar-refractivity contribution in [2.24, 2.45) is 4.99 Å². The summed E-state index contributed by atoms with van der Waals surface area (Å²) in [6.07, 6.45) is 8.32. The van der Waals surface area contributed by atoms with Crippen LogP contribution in [0.3, 0.4) is 0 Å². The normalized spacial score (nSPS) is 13.2. The second-order valence-electron chi connectivity index (χ2n) is 10.5. The van der Waals surface area contributed by atoms with E-state index in [1.165, 1.54) is 17.7 Å². The predicted octanol–water partition coefficient (Wildman–Crippen LogP) is 8.04. The van der Waals surface area contributed by atoms with Gasteiger partial charge < -0.3 is 15.4 Å². The van der Waals surface area contributed by atoms with Crippen LogP contribution in [0.5, 0.6) is 5.75 Å². The Labute approximate surface area is 245 Å². The summed E-state index contributed by atoms with van der Waals surface area (Å²) in [4.78, 5) is 31.9. The minimum atomic E-state index is -0.221. The first kappa shape index (κ1) is 28.3. The van der Waals surface area contributed by atoms with Gasteiger partial charge in [-0.05, 0) is 110 Å². The molecule has 5 rings (SSSR count). The van der Waals surface area contributed by atoms with E-state index in [1.54, 1.807) is 17.6 Å². The standard InChI is InChI=1S/C34H35N3O3S/c1-23-18-24(2)20-27(19-23)37-33(39)32-29-12-8-3-4-9-13-30(29)41-34(32)35-21-25-14-16-28(17-15-25)40-22-31(38)36-26-10-6-5-7-11-26/h5-7,10-11,14-21H,3-4,8-9,12-13,22H2,1-2H3,(H,36,38)(H,37,39). The molecule has 4 aromatic rings. The van der Waals surface area contributed by atoms with Crippen molar-refractivity contribution in [2.45, 2.75) is 52.4 Å². The lowest BCUT2D eigenvalue weighted by Crippen LogP contribution is -2.20. The molecular weight excluding hydrogens is 530 g/mol. The van der Waals surface area contributed by atoms with E-state index in [-0.39, 0.29) is 18.4 Å². The van der Waals surface area contributed by atoms with Gasteiger partial charge in [-0.3, -0.25) is 9.59 Å². The van der Waals surface area contributed by atoms with E-state index in [9.17, 15) is 9.59 Å². The lowest BCUT2D eigenvalue weighted by Gasteiger charge is -2.12. The van der Waals surface area contributed by atoms with Crippen LogP contribution in [-0.4, -0.2) is 24.6 Å². The lowest BCUT2D eigenvalue weighted by atomic mass is 9.96. The number of thiophene rings is 1. The minimum absolute atomic E-state index is 0.0813. The van der Waals surface area contributed by atoms with E-state index >= 15 is 0 Å². The SMILES string of the molecule is Cc1cc(C)cc(NC(=O)c2c(N=Cc3ccc(OCC(=O)Nc4ccccc4)cc3)sc3c2CCCCCC3)c1. The average Bonchev–Trinajstić information content (AvgIpc) is 3.27. The van der Waals surface area contributed by atoms with Crippen LogP contribution in [0.15, 0.2) is 77.8 Å². The number of anilines is 2. The fraction of sp³-hybridized carbons (Fsp3) is 0.265. The Bertz CT molecular complexity index is 1520. The smallest absolute Gasteiger partial charge is 0.262 e. The topological polar surface area (TPSA) is 79.8 Å². The Morgan fingerprint density at radius 1 is 0.854 bits per heavy atom. The number of fused-ring (bicyclic) bond motifs is 1. The highest BCUT2D eigenvalue weighted by Crippen LogP contribution is 2.39. The maximum atomic E-state index is 13.7. The van der Waals surface area contributed by atoms with Crippen molar-refractivity contribution >= 4 is 45.7 Å². The monoisotopic (exact) mass is 565 g/mol. The van der Waals surface area contributed by atoms with Crippen LogP contribution in [-0.2, 0) is 17.6 Å². The van der Waals surface area contributed by atoms with Crippen LogP contribution in [0.1, 0.15) is 63.2 Å². The molecule has 41 heavy (non-hydrogen) atoms. The number of benzene rings is 3. The number of carbonyl (C=O) groups is 2. The number of rotatable bonds is 8. The van der Waals surface area contributed by atoms with Crippen molar-refractivity contribution in [3.63, 3.8) is 0 Å². The molecule has 2 amide bonds. The molecule has 1 aliphatic carbocycles. The number of amides is 2. The molecular formula is C34H35N3O3S. The van der Waals surface area contributed by atoms with Gasteiger partial charge in [-0.2, -0.15) is 0 Å². The highest BCUT2D eigenvalue weighted by Gasteiger charge is 2.24. The van der Waals surface area contributed by atoms with Crippen LogP contribution in [0.4, 0.5) is 16.4 Å². The molecule has 6 nitrogen and oxygen atoms in total. The summed E-state index contributed by atoms with van der Waals surface area (Å²) in [5.41, 5.74) is 6.50. The summed E-state index contributed by atoms with van der Waals surface area (Å²) in [5.74, 6) is 0.275. The molecule has 7 heteroatoms. The third-order valence-corrected chi connectivity index (χ3v) is 8.20. The Morgan fingerprint density at radius 3 is 2.29 bits per heavy atom. The first-order valence-electron chi connectivity index (χ1n) is 14.1. The zero-order valence-electron chi connectivity index (χ0n) is 23.5. The number of carbonyl (C=O) groups excluding carboxylic acids is 2. The number of nitrogens with one attached hydrogen (secondary N) is 2. The summed E-state index contributed by atoms with van der Waals surface area (Å²) >= 11 is 1.64. The summed E-state index contributed by atoms with van der Waals surface area (Å²) in [5, 5.41) is 6.70. The van der Waals surface area contributed by atoms with E-state index < -0.39 is 0 Å². The maximum absolute atomic E-state index is 13.7. The molecule has 2 N–H and O–H groups in total. The van der Waals surface area contributed by atoms with Crippen molar-refractivity contribution in [1.82, 2.24) is 0 Å². The zero-order valence-corrected chi connectivity index (χ0v) is 24.4. The molecule has 0 spiro atoms. The van der Waals surface area contributed by atoms with Crippen LogP contribution in [0.25, 0.3) is 0 Å². The van der Waals surface area contributed by atoms with Gasteiger partial charge in [0, 0.05) is 22.5 Å². The van der Waals surface area contributed by atoms with Gasteiger partial charge >= 0.3 is 0 Å². The van der Waals surface area contributed by atoms with Crippen molar-refractivity contribution < 1.29 is 14.3 Å². The maximum Gasteiger partial charge on any atom is 0.262 e. The van der Waals surface area contributed by atoms with Gasteiger partial charge in [0.2, 0.25) is 0 Å². The number of ether oxygens (including phenoxy) is 1. The molecule has 0 radical (unpaired) electrons. The molecule has 0 bridgehead atoms. The lowest BCUT2D eigenvalue weighted by molar-refractivity contribution is -0.118. The summed E-state index contributed by atoms with van der Waals surface area (Å²) < 4.78 is 5.65. The van der Waals surface area contributed by atoms with E-state index in [4.69, 9.17) is 9.73 Å². The summed E-state index contributed by atoms with van der Waals surface area (Å²) in [6.45, 7) is 3.99. The van der Waals surface area contributed by atoms with Gasteiger partial charge in [-0.15, -0.1) is 11.3 Å². The molecule has 210 valence electrons. The highest BCUT2D eigenvalue weighted by molar-refractivity contribution is 7.16. The van der Waals surface area contributed by atoms with Crippen LogP contribution >= 0.6 is 11.3 Å². The predicted molar refractivity (Wildman–Crippen MR) is 168 cm³/mol. The van der Waals surface area contributed by atoms with Gasteiger partial charge in [-0.1, -0.05) is 37.1 Å². The van der Waals surface area contributed by atoms with Crippen molar-refractivity contribution in [2.75, 3.05) is 17.2 Å². The number of para-hydroxylation sites is 1.